The van der Waals surface area contributed by atoms with Crippen molar-refractivity contribution in [1.82, 2.24) is 9.97 Å². The second-order valence-electron chi connectivity index (χ2n) is 4.26. The smallest absolute Gasteiger partial charge is 0.196 e. The van der Waals surface area contributed by atoms with E-state index in [2.05, 4.69) is 15.3 Å². The van der Waals surface area contributed by atoms with Crippen molar-refractivity contribution in [3.05, 3.63) is 40.8 Å². The van der Waals surface area contributed by atoms with E-state index in [1.54, 1.807) is 31.3 Å². The Hall–Kier alpha value is -1.92. The zero-order valence-corrected chi connectivity index (χ0v) is 13.3. The molecule has 0 amide bonds. The lowest BCUT2D eigenvalue weighted by molar-refractivity contribution is 0.337. The number of ether oxygens (including phenoxy) is 1. The summed E-state index contributed by atoms with van der Waals surface area (Å²) in [6, 6.07) is 5.19. The maximum absolute atomic E-state index is 5.94. The third-order valence-electron chi connectivity index (χ3n) is 2.67. The number of anilines is 3. The van der Waals surface area contributed by atoms with Gasteiger partial charge < -0.3 is 15.8 Å². The monoisotopic (exact) mass is 322 g/mol. The molecule has 110 valence electrons. The summed E-state index contributed by atoms with van der Waals surface area (Å²) in [6.07, 6.45) is 1.63. The average molecular weight is 323 g/mol. The summed E-state index contributed by atoms with van der Waals surface area (Å²) < 4.78 is 5.35. The topological polar surface area (TPSA) is 73.1 Å². The summed E-state index contributed by atoms with van der Waals surface area (Å²) in [5, 5.41) is 4.06. The lowest BCUT2D eigenvalue weighted by atomic mass is 10.2. The average Bonchev–Trinajstić information content (AvgIpc) is 2.42. The quantitative estimate of drug-likeness (QED) is 0.663. The zero-order chi connectivity index (χ0) is 15.4. The molecule has 0 aliphatic rings. The molecule has 0 aliphatic carbocycles. The normalized spacial score (nSPS) is 10.2. The van der Waals surface area contributed by atoms with Crippen LogP contribution in [0.5, 0.6) is 0 Å². The minimum absolute atomic E-state index is 0.340. The van der Waals surface area contributed by atoms with Gasteiger partial charge in [-0.2, -0.15) is 0 Å². The molecule has 0 saturated heterocycles. The molecule has 1 aromatic heterocycles. The fourth-order valence-electron chi connectivity index (χ4n) is 1.70. The predicted molar refractivity (Wildman–Crippen MR) is 89.2 cm³/mol. The van der Waals surface area contributed by atoms with Crippen molar-refractivity contribution in [1.29, 1.82) is 0 Å². The van der Waals surface area contributed by atoms with Crippen LogP contribution in [0.2, 0.25) is 5.02 Å². The highest BCUT2D eigenvalue weighted by molar-refractivity contribution is 7.80. The summed E-state index contributed by atoms with van der Waals surface area (Å²) in [7, 11) is 0. The van der Waals surface area contributed by atoms with Crippen molar-refractivity contribution in [2.45, 2.75) is 13.8 Å². The van der Waals surface area contributed by atoms with E-state index in [0.717, 1.165) is 0 Å². The van der Waals surface area contributed by atoms with Crippen LogP contribution in [-0.2, 0) is 4.74 Å². The van der Waals surface area contributed by atoms with E-state index in [9.17, 15) is 0 Å². The minimum Gasteiger partial charge on any atom is -0.483 e. The van der Waals surface area contributed by atoms with Gasteiger partial charge in [0.1, 0.15) is 11.6 Å². The van der Waals surface area contributed by atoms with E-state index in [1.165, 1.54) is 0 Å². The Morgan fingerprint density at radius 3 is 2.90 bits per heavy atom. The summed E-state index contributed by atoms with van der Waals surface area (Å²) >= 11 is 11.1. The van der Waals surface area contributed by atoms with Gasteiger partial charge in [-0.3, -0.25) is 0 Å². The number of nitrogens with zero attached hydrogens (tertiary/aromatic N) is 2. The Morgan fingerprint density at radius 1 is 1.48 bits per heavy atom. The zero-order valence-electron chi connectivity index (χ0n) is 11.7. The van der Waals surface area contributed by atoms with E-state index >= 15 is 0 Å². The number of nitrogens with two attached hydrogens (primary N) is 1. The van der Waals surface area contributed by atoms with Gasteiger partial charge in [-0.1, -0.05) is 11.6 Å². The van der Waals surface area contributed by atoms with Crippen LogP contribution in [0.3, 0.4) is 0 Å². The fourth-order valence-corrected chi connectivity index (χ4v) is 2.15. The van der Waals surface area contributed by atoms with E-state index in [-0.39, 0.29) is 0 Å². The predicted octanol–water partition coefficient (Wildman–Crippen LogP) is 3.48. The van der Waals surface area contributed by atoms with Crippen molar-refractivity contribution < 1.29 is 4.74 Å². The third-order valence-corrected chi connectivity index (χ3v) is 3.24. The van der Waals surface area contributed by atoms with Crippen LogP contribution < -0.4 is 11.1 Å². The highest BCUT2D eigenvalue weighted by Crippen LogP contribution is 2.27. The molecule has 0 aliphatic heterocycles. The number of aromatic nitrogens is 2. The van der Waals surface area contributed by atoms with Crippen LogP contribution in [0.25, 0.3) is 0 Å². The lowest BCUT2D eigenvalue weighted by Crippen LogP contribution is -2.10. The highest BCUT2D eigenvalue weighted by Gasteiger charge is 2.13. The molecule has 0 unspecified atom stereocenters. The number of hydrogen-bond donors (Lipinski definition) is 2. The first-order valence-corrected chi connectivity index (χ1v) is 7.12. The molecule has 1 aromatic carbocycles. The van der Waals surface area contributed by atoms with Gasteiger partial charge in [0, 0.05) is 11.2 Å². The molecule has 21 heavy (non-hydrogen) atoms. The number of halogens is 1. The number of benzene rings is 1. The molecule has 0 bridgehead atoms. The molecule has 7 heteroatoms. The second-order valence-corrected chi connectivity index (χ2v) is 5.06. The molecule has 0 saturated carbocycles. The van der Waals surface area contributed by atoms with Crippen LogP contribution in [0.15, 0.2) is 24.4 Å². The summed E-state index contributed by atoms with van der Waals surface area (Å²) in [5.41, 5.74) is 7.77. The van der Waals surface area contributed by atoms with Gasteiger partial charge in [-0.05, 0) is 44.3 Å². The van der Waals surface area contributed by atoms with E-state index in [0.29, 0.717) is 45.3 Å². The maximum Gasteiger partial charge on any atom is 0.196 e. The Labute approximate surface area is 133 Å². The van der Waals surface area contributed by atoms with Crippen molar-refractivity contribution in [2.24, 2.45) is 0 Å². The molecule has 0 radical (unpaired) electrons. The molecule has 2 aromatic rings. The number of rotatable bonds is 4. The molecule has 0 spiro atoms. The van der Waals surface area contributed by atoms with Crippen molar-refractivity contribution >= 4 is 46.1 Å². The van der Waals surface area contributed by atoms with E-state index < -0.39 is 0 Å². The van der Waals surface area contributed by atoms with Gasteiger partial charge in [-0.25, -0.2) is 9.97 Å². The minimum atomic E-state index is 0.340. The molecule has 2 rings (SSSR count). The Morgan fingerprint density at radius 2 is 2.24 bits per heavy atom. The highest BCUT2D eigenvalue weighted by atomic mass is 35.5. The Kier molecular flexibility index (Phi) is 4.93. The summed E-state index contributed by atoms with van der Waals surface area (Å²) in [6.45, 7) is 4.14. The molecule has 1 heterocycles. The van der Waals surface area contributed by atoms with E-state index in [4.69, 9.17) is 34.3 Å². The van der Waals surface area contributed by atoms with Crippen molar-refractivity contribution in [2.75, 3.05) is 17.7 Å². The van der Waals surface area contributed by atoms with Gasteiger partial charge in [0.05, 0.1) is 23.5 Å². The molecule has 0 fully saturated rings. The SMILES string of the molecule is CCOC(=S)c1cnc(C)nc1Nc1ccc(Cl)cc1N. The third kappa shape index (κ3) is 3.80. The molecule has 0 atom stereocenters. The molecule has 5 nitrogen and oxygen atoms in total. The summed E-state index contributed by atoms with van der Waals surface area (Å²) in [5.74, 6) is 1.17. The lowest BCUT2D eigenvalue weighted by Gasteiger charge is -2.13. The fraction of sp³-hybridized carbons (Fsp3) is 0.214. The Bertz CT molecular complexity index is 678. The van der Waals surface area contributed by atoms with Crippen LogP contribution in [0, 0.1) is 6.92 Å². The van der Waals surface area contributed by atoms with Crippen LogP contribution in [0.1, 0.15) is 18.3 Å². The van der Waals surface area contributed by atoms with Gasteiger partial charge in [0.15, 0.2) is 5.05 Å². The number of nitrogens with one attached hydrogen (secondary N) is 1. The maximum atomic E-state index is 5.94. The van der Waals surface area contributed by atoms with Crippen molar-refractivity contribution in [3.63, 3.8) is 0 Å². The number of hydrogen-bond acceptors (Lipinski definition) is 6. The van der Waals surface area contributed by atoms with E-state index in [1.807, 2.05) is 6.92 Å². The first-order valence-electron chi connectivity index (χ1n) is 6.34. The van der Waals surface area contributed by atoms with Gasteiger partial charge in [-0.15, -0.1) is 0 Å². The van der Waals surface area contributed by atoms with Crippen molar-refractivity contribution in [3.8, 4) is 0 Å². The van der Waals surface area contributed by atoms with Crippen LogP contribution in [0.4, 0.5) is 17.2 Å². The first kappa shape index (κ1) is 15.5. The van der Waals surface area contributed by atoms with Gasteiger partial charge in [0.2, 0.25) is 0 Å². The van der Waals surface area contributed by atoms with Gasteiger partial charge >= 0.3 is 0 Å². The largest absolute Gasteiger partial charge is 0.483 e. The van der Waals surface area contributed by atoms with Crippen LogP contribution in [-0.4, -0.2) is 21.6 Å². The molecular formula is C14H15ClN4OS. The number of aryl methyl sites for hydroxylation is 1. The first-order chi connectivity index (χ1) is 10.0. The standard InChI is InChI=1S/C14H15ClN4OS/c1-3-20-14(21)10-7-17-8(2)18-13(10)19-12-5-4-9(15)6-11(12)16/h4-7H,3,16H2,1-2H3,(H,17,18,19). The van der Waals surface area contributed by atoms with Crippen LogP contribution >= 0.6 is 23.8 Å². The summed E-state index contributed by atoms with van der Waals surface area (Å²) in [4.78, 5) is 8.51. The molecular weight excluding hydrogens is 308 g/mol. The number of nitrogen functional groups attached to an aromatic ring is 1. The molecule has 3 N–H and O–H groups in total. The number of thiocarbonyl (C=S) groups is 1. The second kappa shape index (κ2) is 6.69. The Balaban J connectivity index is 2.38. The van der Waals surface area contributed by atoms with Gasteiger partial charge in [0.25, 0.3) is 0 Å².